The Labute approximate surface area is 222 Å². The largest absolute Gasteiger partial charge is 0.507 e. The van der Waals surface area contributed by atoms with Gasteiger partial charge in [0.25, 0.3) is 11.7 Å². The number of esters is 1. The highest BCUT2D eigenvalue weighted by molar-refractivity contribution is 6.51. The number of benzene rings is 3. The van der Waals surface area contributed by atoms with Crippen molar-refractivity contribution in [3.8, 4) is 5.75 Å². The number of hydrogen-bond donors (Lipinski definition) is 1. The first-order valence-electron chi connectivity index (χ1n) is 12.5. The molecule has 196 valence electrons. The number of aliphatic hydroxyl groups is 1. The van der Waals surface area contributed by atoms with Crippen LogP contribution in [0.15, 0.2) is 72.3 Å². The Morgan fingerprint density at radius 3 is 2.39 bits per heavy atom. The van der Waals surface area contributed by atoms with Crippen LogP contribution in [0.5, 0.6) is 5.75 Å². The number of ketones is 1. The summed E-state index contributed by atoms with van der Waals surface area (Å²) < 4.78 is 10.6. The first-order valence-corrected chi connectivity index (χ1v) is 12.5. The summed E-state index contributed by atoms with van der Waals surface area (Å²) in [4.78, 5) is 40.8. The molecule has 1 aliphatic rings. The maximum Gasteiger partial charge on any atom is 0.338 e. The van der Waals surface area contributed by atoms with Crippen molar-refractivity contribution in [2.75, 3.05) is 18.6 Å². The molecule has 0 spiro atoms. The fourth-order valence-electron chi connectivity index (χ4n) is 4.77. The second-order valence-corrected chi connectivity index (χ2v) is 9.41. The average molecular weight is 514 g/mol. The molecule has 38 heavy (non-hydrogen) atoms. The molecule has 1 saturated heterocycles. The van der Waals surface area contributed by atoms with E-state index in [4.69, 9.17) is 9.47 Å². The van der Waals surface area contributed by atoms with E-state index in [1.165, 1.54) is 11.0 Å². The van der Waals surface area contributed by atoms with E-state index in [9.17, 15) is 19.5 Å². The number of anilines is 1. The third-order valence-electron chi connectivity index (χ3n) is 6.69. The van der Waals surface area contributed by atoms with Crippen molar-refractivity contribution in [1.29, 1.82) is 0 Å². The first kappa shape index (κ1) is 26.7. The first-order chi connectivity index (χ1) is 18.2. The number of aryl methyl sites for hydroxylation is 1. The highest BCUT2D eigenvalue weighted by atomic mass is 16.5. The summed E-state index contributed by atoms with van der Waals surface area (Å²) in [6, 6.07) is 18.1. The molecule has 1 heterocycles. The second-order valence-electron chi connectivity index (χ2n) is 9.41. The van der Waals surface area contributed by atoms with Crippen molar-refractivity contribution >= 4 is 29.1 Å². The summed E-state index contributed by atoms with van der Waals surface area (Å²) in [5, 5.41) is 11.5. The minimum Gasteiger partial charge on any atom is -0.507 e. The third kappa shape index (κ3) is 4.79. The van der Waals surface area contributed by atoms with Crippen molar-refractivity contribution in [3.63, 3.8) is 0 Å². The average Bonchev–Trinajstić information content (AvgIpc) is 3.18. The van der Waals surface area contributed by atoms with Crippen LogP contribution in [0.4, 0.5) is 5.69 Å². The van der Waals surface area contributed by atoms with E-state index >= 15 is 0 Å². The number of Topliss-reactive ketones (excluding diaryl/α,β-unsaturated/α-hetero) is 1. The zero-order valence-corrected chi connectivity index (χ0v) is 22.1. The van der Waals surface area contributed by atoms with Crippen molar-refractivity contribution in [1.82, 2.24) is 0 Å². The van der Waals surface area contributed by atoms with Crippen LogP contribution in [0.3, 0.4) is 0 Å². The highest BCUT2D eigenvalue weighted by Crippen LogP contribution is 2.43. The number of rotatable bonds is 7. The van der Waals surface area contributed by atoms with E-state index in [0.717, 1.165) is 11.1 Å². The number of carbonyl (C=O) groups excluding carboxylic acids is 3. The smallest absolute Gasteiger partial charge is 0.338 e. The standard InChI is InChI=1S/C31H31NO6/c1-6-38-31(36)21-11-9-12-22(16-21)32-27(23-13-8-7-10-19(23)4)26(29(34)30(32)35)28(33)20-14-15-25(37-5)24(17-20)18(2)3/h7-18,27,33H,6H2,1-5H3/b28-26+. The molecule has 1 N–H and O–H groups in total. The topological polar surface area (TPSA) is 93.1 Å². The van der Waals surface area contributed by atoms with Crippen molar-refractivity contribution in [2.45, 2.75) is 39.7 Å². The van der Waals surface area contributed by atoms with Crippen LogP contribution in [-0.4, -0.2) is 36.5 Å². The normalized spacial score (nSPS) is 16.7. The Morgan fingerprint density at radius 1 is 1.00 bits per heavy atom. The van der Waals surface area contributed by atoms with Crippen LogP contribution in [0.1, 0.15) is 65.3 Å². The van der Waals surface area contributed by atoms with Crippen LogP contribution in [0.25, 0.3) is 5.76 Å². The highest BCUT2D eigenvalue weighted by Gasteiger charge is 2.47. The molecular weight excluding hydrogens is 482 g/mol. The van der Waals surface area contributed by atoms with Crippen LogP contribution in [-0.2, 0) is 14.3 Å². The maximum atomic E-state index is 13.5. The zero-order valence-electron chi connectivity index (χ0n) is 22.1. The fourth-order valence-corrected chi connectivity index (χ4v) is 4.77. The summed E-state index contributed by atoms with van der Waals surface area (Å²) >= 11 is 0. The molecule has 1 atom stereocenters. The van der Waals surface area contributed by atoms with E-state index < -0.39 is 23.7 Å². The van der Waals surface area contributed by atoms with Crippen LogP contribution < -0.4 is 9.64 Å². The Bertz CT molecular complexity index is 1440. The van der Waals surface area contributed by atoms with Gasteiger partial charge in [-0.1, -0.05) is 44.2 Å². The van der Waals surface area contributed by atoms with Crippen LogP contribution in [0.2, 0.25) is 0 Å². The number of nitrogens with zero attached hydrogens (tertiary/aromatic N) is 1. The van der Waals surface area contributed by atoms with E-state index in [0.29, 0.717) is 22.6 Å². The zero-order chi connectivity index (χ0) is 27.6. The summed E-state index contributed by atoms with van der Waals surface area (Å²) in [5.74, 6) is -1.64. The Balaban J connectivity index is 1.94. The monoisotopic (exact) mass is 513 g/mol. The third-order valence-corrected chi connectivity index (χ3v) is 6.69. The molecule has 7 heteroatoms. The molecular formula is C31H31NO6. The predicted molar refractivity (Wildman–Crippen MR) is 145 cm³/mol. The molecule has 4 rings (SSSR count). The van der Waals surface area contributed by atoms with Gasteiger partial charge in [-0.2, -0.15) is 0 Å². The van der Waals surface area contributed by atoms with Crippen molar-refractivity contribution in [3.05, 3.63) is 100 Å². The summed E-state index contributed by atoms with van der Waals surface area (Å²) in [7, 11) is 1.58. The number of hydrogen-bond acceptors (Lipinski definition) is 6. The number of carbonyl (C=O) groups is 3. The van der Waals surface area contributed by atoms with Gasteiger partial charge in [-0.3, -0.25) is 14.5 Å². The van der Waals surface area contributed by atoms with Gasteiger partial charge in [-0.25, -0.2) is 4.79 Å². The summed E-state index contributed by atoms with van der Waals surface area (Å²) in [5.41, 5.74) is 3.38. The number of ether oxygens (including phenoxy) is 2. The second kappa shape index (κ2) is 10.9. The van der Waals surface area contributed by atoms with Gasteiger partial charge in [-0.15, -0.1) is 0 Å². The predicted octanol–water partition coefficient (Wildman–Crippen LogP) is 5.93. The number of amides is 1. The molecule has 1 aliphatic heterocycles. The lowest BCUT2D eigenvalue weighted by Gasteiger charge is -2.27. The van der Waals surface area contributed by atoms with Gasteiger partial charge in [-0.05, 0) is 72.9 Å². The quantitative estimate of drug-likeness (QED) is 0.182. The summed E-state index contributed by atoms with van der Waals surface area (Å²) in [6.07, 6.45) is 0. The molecule has 1 unspecified atom stereocenters. The van der Waals surface area contributed by atoms with Gasteiger partial charge in [0.05, 0.1) is 30.9 Å². The Kier molecular flexibility index (Phi) is 7.67. The minimum absolute atomic E-state index is 0.0225. The lowest BCUT2D eigenvalue weighted by Crippen LogP contribution is -2.30. The lowest BCUT2D eigenvalue weighted by molar-refractivity contribution is -0.132. The molecule has 0 aliphatic carbocycles. The fraction of sp³-hybridized carbons (Fsp3) is 0.258. The molecule has 0 radical (unpaired) electrons. The number of methoxy groups -OCH3 is 1. The maximum absolute atomic E-state index is 13.5. The molecule has 1 fully saturated rings. The Hall–Kier alpha value is -4.39. The van der Waals surface area contributed by atoms with Gasteiger partial charge >= 0.3 is 5.97 Å². The molecule has 3 aromatic rings. The Morgan fingerprint density at radius 2 is 1.74 bits per heavy atom. The van der Waals surface area contributed by atoms with Gasteiger partial charge in [0.2, 0.25) is 0 Å². The molecule has 1 amide bonds. The van der Waals surface area contributed by atoms with Gasteiger partial charge in [0.1, 0.15) is 11.5 Å². The van der Waals surface area contributed by atoms with Gasteiger partial charge in [0, 0.05) is 11.3 Å². The van der Waals surface area contributed by atoms with Crippen LogP contribution >= 0.6 is 0 Å². The molecule has 0 saturated carbocycles. The van der Waals surface area contributed by atoms with Gasteiger partial charge < -0.3 is 14.6 Å². The van der Waals surface area contributed by atoms with Crippen LogP contribution in [0, 0.1) is 6.92 Å². The van der Waals surface area contributed by atoms with E-state index in [2.05, 4.69) is 0 Å². The van der Waals surface area contributed by atoms with Crippen molar-refractivity contribution in [2.24, 2.45) is 0 Å². The van der Waals surface area contributed by atoms with Gasteiger partial charge in [0.15, 0.2) is 0 Å². The minimum atomic E-state index is -0.904. The lowest BCUT2D eigenvalue weighted by atomic mass is 9.91. The molecule has 3 aromatic carbocycles. The SMILES string of the molecule is CCOC(=O)c1cccc(N2C(=O)C(=O)/C(=C(/O)c3ccc(OC)c(C(C)C)c3)C2c2ccccc2C)c1. The van der Waals surface area contributed by atoms with E-state index in [1.807, 2.05) is 45.0 Å². The molecule has 7 nitrogen and oxygen atoms in total. The van der Waals surface area contributed by atoms with E-state index in [-0.39, 0.29) is 29.4 Å². The molecule has 0 bridgehead atoms. The molecule has 0 aromatic heterocycles. The number of aliphatic hydroxyl groups excluding tert-OH is 1. The summed E-state index contributed by atoms with van der Waals surface area (Å²) in [6.45, 7) is 7.81. The van der Waals surface area contributed by atoms with E-state index in [1.54, 1.807) is 50.4 Å². The van der Waals surface area contributed by atoms with Crippen molar-refractivity contribution < 1.29 is 29.0 Å².